The molecule has 0 aromatic heterocycles. The lowest BCUT2D eigenvalue weighted by Crippen LogP contribution is -2.44. The highest BCUT2D eigenvalue weighted by atomic mass is 35.5. The Labute approximate surface area is 133 Å². The van der Waals surface area contributed by atoms with Crippen molar-refractivity contribution in [2.24, 2.45) is 11.8 Å². The molecular weight excluding hydrogens is 290 g/mol. The molecule has 2 fully saturated rings. The predicted octanol–water partition coefficient (Wildman–Crippen LogP) is 1.12. The lowest BCUT2D eigenvalue weighted by atomic mass is 9.98. The van der Waals surface area contributed by atoms with Crippen LogP contribution in [0, 0.1) is 11.8 Å². The van der Waals surface area contributed by atoms with Gasteiger partial charge in [0, 0.05) is 38.6 Å². The fourth-order valence-electron chi connectivity index (χ4n) is 3.04. The Morgan fingerprint density at radius 2 is 1.71 bits per heavy atom. The molecule has 1 atom stereocenters. The highest BCUT2D eigenvalue weighted by Gasteiger charge is 2.28. The molecule has 2 saturated heterocycles. The van der Waals surface area contributed by atoms with E-state index in [1.165, 1.54) is 0 Å². The molecule has 0 aliphatic carbocycles. The summed E-state index contributed by atoms with van der Waals surface area (Å²) < 4.78 is 0. The highest BCUT2D eigenvalue weighted by Crippen LogP contribution is 2.15. The summed E-state index contributed by atoms with van der Waals surface area (Å²) in [7, 11) is 0. The number of carbonyl (C=O) groups excluding carboxylic acids is 2. The number of rotatable bonds is 2. The molecule has 5 nitrogen and oxygen atoms in total. The maximum Gasteiger partial charge on any atom is 0.227 e. The van der Waals surface area contributed by atoms with Gasteiger partial charge in [0.25, 0.3) is 0 Å². The molecule has 0 saturated carbocycles. The van der Waals surface area contributed by atoms with Crippen LogP contribution in [0.3, 0.4) is 0 Å². The highest BCUT2D eigenvalue weighted by molar-refractivity contribution is 5.85. The number of hydrogen-bond acceptors (Lipinski definition) is 3. The van der Waals surface area contributed by atoms with Gasteiger partial charge in [-0.1, -0.05) is 13.8 Å². The standard InChI is InChI=1S/C15H27N3O2.ClH/c1-12(2)14(19)17-7-4-8-18(10-9-17)15(20)13-5-3-6-16-11-13;/h12-13,16H,3-11H2,1-2H3;1H. The molecular formula is C15H28ClN3O2. The van der Waals surface area contributed by atoms with E-state index in [-0.39, 0.29) is 36.1 Å². The lowest BCUT2D eigenvalue weighted by Gasteiger charge is -2.29. The third kappa shape index (κ3) is 4.85. The molecule has 0 radical (unpaired) electrons. The van der Waals surface area contributed by atoms with Crippen molar-refractivity contribution in [3.8, 4) is 0 Å². The van der Waals surface area contributed by atoms with Crippen LogP contribution in [-0.2, 0) is 9.59 Å². The van der Waals surface area contributed by atoms with Crippen molar-refractivity contribution >= 4 is 24.2 Å². The SMILES string of the molecule is CC(C)C(=O)N1CCCN(C(=O)C2CCCNC2)CC1.Cl. The van der Waals surface area contributed by atoms with Gasteiger partial charge in [-0.25, -0.2) is 0 Å². The van der Waals surface area contributed by atoms with E-state index in [1.807, 2.05) is 23.6 Å². The van der Waals surface area contributed by atoms with Gasteiger partial charge in [0.2, 0.25) is 11.8 Å². The number of piperidine rings is 1. The zero-order valence-electron chi connectivity index (χ0n) is 13.1. The normalized spacial score (nSPS) is 23.5. The molecule has 2 aliphatic heterocycles. The van der Waals surface area contributed by atoms with Gasteiger partial charge in [-0.3, -0.25) is 9.59 Å². The Bertz CT molecular complexity index is 357. The van der Waals surface area contributed by atoms with Gasteiger partial charge in [0.1, 0.15) is 0 Å². The summed E-state index contributed by atoms with van der Waals surface area (Å²) >= 11 is 0. The summed E-state index contributed by atoms with van der Waals surface area (Å²) in [6.45, 7) is 8.65. The maximum atomic E-state index is 12.5. The first-order valence-corrected chi connectivity index (χ1v) is 7.88. The van der Waals surface area contributed by atoms with E-state index in [0.29, 0.717) is 13.1 Å². The first kappa shape index (κ1) is 18.2. The number of halogens is 1. The van der Waals surface area contributed by atoms with Gasteiger partial charge in [0.15, 0.2) is 0 Å². The van der Waals surface area contributed by atoms with E-state index in [1.54, 1.807) is 0 Å². The number of hydrogen-bond donors (Lipinski definition) is 1. The van der Waals surface area contributed by atoms with E-state index in [4.69, 9.17) is 0 Å². The minimum atomic E-state index is 0. The monoisotopic (exact) mass is 317 g/mol. The predicted molar refractivity (Wildman–Crippen MR) is 85.5 cm³/mol. The average Bonchev–Trinajstić information content (AvgIpc) is 2.72. The van der Waals surface area contributed by atoms with E-state index in [9.17, 15) is 9.59 Å². The summed E-state index contributed by atoms with van der Waals surface area (Å²) in [6.07, 6.45) is 2.98. The van der Waals surface area contributed by atoms with Crippen molar-refractivity contribution in [2.45, 2.75) is 33.1 Å². The Kier molecular flexibility index (Phi) is 7.46. The largest absolute Gasteiger partial charge is 0.341 e. The van der Waals surface area contributed by atoms with Crippen LogP contribution in [0.1, 0.15) is 33.1 Å². The smallest absolute Gasteiger partial charge is 0.227 e. The van der Waals surface area contributed by atoms with Crippen LogP contribution >= 0.6 is 12.4 Å². The van der Waals surface area contributed by atoms with Crippen molar-refractivity contribution in [1.82, 2.24) is 15.1 Å². The second kappa shape index (κ2) is 8.59. The second-order valence-corrected chi connectivity index (χ2v) is 6.20. The average molecular weight is 318 g/mol. The van der Waals surface area contributed by atoms with Gasteiger partial charge >= 0.3 is 0 Å². The Morgan fingerprint density at radius 3 is 2.33 bits per heavy atom. The van der Waals surface area contributed by atoms with Gasteiger partial charge in [-0.15, -0.1) is 12.4 Å². The Hall–Kier alpha value is -0.810. The molecule has 0 aromatic rings. The van der Waals surface area contributed by atoms with Gasteiger partial charge in [0.05, 0.1) is 5.92 Å². The van der Waals surface area contributed by atoms with Crippen LogP contribution in [0.2, 0.25) is 0 Å². The van der Waals surface area contributed by atoms with Crippen LogP contribution in [0.5, 0.6) is 0 Å². The topological polar surface area (TPSA) is 52.7 Å². The molecule has 0 aromatic carbocycles. The first-order chi connectivity index (χ1) is 9.59. The van der Waals surface area contributed by atoms with Crippen molar-refractivity contribution < 1.29 is 9.59 Å². The fraction of sp³-hybridized carbons (Fsp3) is 0.867. The van der Waals surface area contributed by atoms with Crippen LogP contribution in [0.25, 0.3) is 0 Å². The second-order valence-electron chi connectivity index (χ2n) is 6.20. The number of nitrogens with zero attached hydrogens (tertiary/aromatic N) is 2. The van der Waals surface area contributed by atoms with Crippen molar-refractivity contribution in [1.29, 1.82) is 0 Å². The molecule has 1 N–H and O–H groups in total. The molecule has 2 heterocycles. The van der Waals surface area contributed by atoms with Crippen LogP contribution < -0.4 is 5.32 Å². The Morgan fingerprint density at radius 1 is 1.05 bits per heavy atom. The summed E-state index contributed by atoms with van der Waals surface area (Å²) in [5, 5.41) is 3.30. The quantitative estimate of drug-likeness (QED) is 0.830. The molecule has 1 unspecified atom stereocenters. The minimum absolute atomic E-state index is 0. The number of amides is 2. The van der Waals surface area contributed by atoms with E-state index in [2.05, 4.69) is 5.32 Å². The van der Waals surface area contributed by atoms with Crippen LogP contribution in [0.15, 0.2) is 0 Å². The van der Waals surface area contributed by atoms with E-state index in [0.717, 1.165) is 45.4 Å². The molecule has 2 aliphatic rings. The van der Waals surface area contributed by atoms with Crippen LogP contribution in [-0.4, -0.2) is 60.9 Å². The molecule has 122 valence electrons. The van der Waals surface area contributed by atoms with E-state index < -0.39 is 0 Å². The zero-order chi connectivity index (χ0) is 14.5. The van der Waals surface area contributed by atoms with Crippen molar-refractivity contribution in [2.75, 3.05) is 39.3 Å². The maximum absolute atomic E-state index is 12.5. The third-order valence-corrected chi connectivity index (χ3v) is 4.26. The van der Waals surface area contributed by atoms with E-state index >= 15 is 0 Å². The summed E-state index contributed by atoms with van der Waals surface area (Å²) in [4.78, 5) is 28.4. The number of carbonyl (C=O) groups is 2. The number of nitrogens with one attached hydrogen (secondary N) is 1. The van der Waals surface area contributed by atoms with Crippen LogP contribution in [0.4, 0.5) is 0 Å². The minimum Gasteiger partial charge on any atom is -0.341 e. The Balaban J connectivity index is 0.00000220. The molecule has 0 bridgehead atoms. The molecule has 2 amide bonds. The molecule has 21 heavy (non-hydrogen) atoms. The molecule has 2 rings (SSSR count). The van der Waals surface area contributed by atoms with Crippen molar-refractivity contribution in [3.05, 3.63) is 0 Å². The summed E-state index contributed by atoms with van der Waals surface area (Å²) in [5.41, 5.74) is 0. The van der Waals surface area contributed by atoms with Gasteiger partial charge in [-0.05, 0) is 25.8 Å². The van der Waals surface area contributed by atoms with Gasteiger partial charge < -0.3 is 15.1 Å². The lowest BCUT2D eigenvalue weighted by molar-refractivity contribution is -0.137. The third-order valence-electron chi connectivity index (χ3n) is 4.26. The summed E-state index contributed by atoms with van der Waals surface area (Å²) in [6, 6.07) is 0. The first-order valence-electron chi connectivity index (χ1n) is 7.88. The fourth-order valence-corrected chi connectivity index (χ4v) is 3.04. The summed E-state index contributed by atoms with van der Waals surface area (Å²) in [5.74, 6) is 0.658. The molecule has 6 heteroatoms. The van der Waals surface area contributed by atoms with Crippen molar-refractivity contribution in [3.63, 3.8) is 0 Å². The molecule has 0 spiro atoms. The van der Waals surface area contributed by atoms with Gasteiger partial charge in [-0.2, -0.15) is 0 Å². The zero-order valence-corrected chi connectivity index (χ0v) is 14.0.